The predicted octanol–water partition coefficient (Wildman–Crippen LogP) is 2.81. The van der Waals surface area contributed by atoms with Crippen molar-refractivity contribution in [3.8, 4) is 5.75 Å². The molecule has 8 nitrogen and oxygen atoms in total. The van der Waals surface area contributed by atoms with E-state index in [1.807, 2.05) is 6.92 Å². The Morgan fingerprint density at radius 2 is 1.89 bits per heavy atom. The van der Waals surface area contributed by atoms with Crippen molar-refractivity contribution < 1.29 is 24.2 Å². The van der Waals surface area contributed by atoms with E-state index in [1.165, 1.54) is 6.07 Å². The van der Waals surface area contributed by atoms with Crippen LogP contribution in [0, 0.1) is 0 Å². The van der Waals surface area contributed by atoms with Crippen LogP contribution in [-0.2, 0) is 18.3 Å². The molecule has 146 valence electrons. The first-order chi connectivity index (χ1) is 12.6. The zero-order valence-corrected chi connectivity index (χ0v) is 16.2. The molecule has 0 saturated carbocycles. The Balaban J connectivity index is 2.39. The zero-order valence-electron chi connectivity index (χ0n) is 16.2. The van der Waals surface area contributed by atoms with Gasteiger partial charge in [-0.15, -0.1) is 4.99 Å². The minimum Gasteiger partial charge on any atom is -0.494 e. The number of nitrogens with zero attached hydrogens (tertiary/aromatic N) is 3. The highest BCUT2D eigenvalue weighted by Gasteiger charge is 2.16. The lowest BCUT2D eigenvalue weighted by atomic mass is 10.1. The number of carbonyl (C=O) groups is 2. The Hall–Kier alpha value is -3.03. The van der Waals surface area contributed by atoms with E-state index in [4.69, 9.17) is 9.47 Å². The molecule has 1 N–H and O–H groups in total. The van der Waals surface area contributed by atoms with Crippen molar-refractivity contribution in [1.29, 1.82) is 0 Å². The topological polar surface area (TPSA) is 95.0 Å². The summed E-state index contributed by atoms with van der Waals surface area (Å²) in [7, 11) is 1.76. The summed E-state index contributed by atoms with van der Waals surface area (Å²) in [5.41, 5.74) is 0.606. The molecule has 8 heteroatoms. The maximum atomic E-state index is 12.1. The lowest BCUT2D eigenvalue weighted by Gasteiger charge is -2.17. The number of imidazole rings is 1. The number of hydrogen-bond acceptors (Lipinski definition) is 4. The standard InChI is InChI=1S/C19H25N3O5/c1-6-26-15-10-13(9-14(11-15)16(23)24)12-22-8-7-21(5)17(22)20-18(25)27-19(2,3)4/h7-11H,6,12H2,1-5H3,(H,23,24)/b20-17+. The molecule has 0 radical (unpaired) electrons. The van der Waals surface area contributed by atoms with Crippen molar-refractivity contribution in [2.24, 2.45) is 12.0 Å². The van der Waals surface area contributed by atoms with Gasteiger partial charge in [0.25, 0.3) is 0 Å². The summed E-state index contributed by atoms with van der Waals surface area (Å²) in [6.45, 7) is 7.89. The highest BCUT2D eigenvalue weighted by Crippen LogP contribution is 2.18. The van der Waals surface area contributed by atoms with E-state index in [-0.39, 0.29) is 5.56 Å². The van der Waals surface area contributed by atoms with Gasteiger partial charge in [-0.1, -0.05) is 0 Å². The van der Waals surface area contributed by atoms with Crippen LogP contribution in [-0.4, -0.2) is 38.5 Å². The van der Waals surface area contributed by atoms with Crippen molar-refractivity contribution in [3.63, 3.8) is 0 Å². The molecular weight excluding hydrogens is 350 g/mol. The number of aromatic nitrogens is 2. The van der Waals surface area contributed by atoms with Crippen LogP contribution < -0.4 is 10.4 Å². The molecule has 0 bridgehead atoms. The number of aromatic carboxylic acids is 1. The van der Waals surface area contributed by atoms with Crippen LogP contribution in [0.4, 0.5) is 4.79 Å². The van der Waals surface area contributed by atoms with Crippen LogP contribution in [0.15, 0.2) is 35.6 Å². The summed E-state index contributed by atoms with van der Waals surface area (Å²) in [4.78, 5) is 27.5. The monoisotopic (exact) mass is 375 g/mol. The molecule has 0 fully saturated rings. The molecule has 0 spiro atoms. The molecule has 2 rings (SSSR count). The van der Waals surface area contributed by atoms with Crippen LogP contribution in [0.3, 0.4) is 0 Å². The number of carbonyl (C=O) groups excluding carboxylic acids is 1. The average Bonchev–Trinajstić information content (AvgIpc) is 2.86. The highest BCUT2D eigenvalue weighted by molar-refractivity contribution is 5.88. The summed E-state index contributed by atoms with van der Waals surface area (Å²) >= 11 is 0. The maximum Gasteiger partial charge on any atom is 0.437 e. The molecule has 27 heavy (non-hydrogen) atoms. The van der Waals surface area contributed by atoms with E-state index in [2.05, 4.69) is 4.99 Å². The van der Waals surface area contributed by atoms with Gasteiger partial charge in [-0.05, 0) is 51.5 Å². The van der Waals surface area contributed by atoms with E-state index >= 15 is 0 Å². The zero-order chi connectivity index (χ0) is 20.2. The summed E-state index contributed by atoms with van der Waals surface area (Å²) < 4.78 is 14.1. The third kappa shape index (κ3) is 5.73. The maximum absolute atomic E-state index is 12.1. The van der Waals surface area contributed by atoms with E-state index in [1.54, 1.807) is 61.5 Å². The summed E-state index contributed by atoms with van der Waals surface area (Å²) in [5, 5.41) is 9.31. The average molecular weight is 375 g/mol. The fraction of sp³-hybridized carbons (Fsp3) is 0.421. The predicted molar refractivity (Wildman–Crippen MR) is 98.9 cm³/mol. The molecule has 0 saturated heterocycles. The van der Waals surface area contributed by atoms with Gasteiger partial charge in [0.15, 0.2) is 0 Å². The van der Waals surface area contributed by atoms with E-state index in [0.29, 0.717) is 24.5 Å². The van der Waals surface area contributed by atoms with Crippen molar-refractivity contribution in [2.45, 2.75) is 39.8 Å². The third-order valence-electron chi connectivity index (χ3n) is 3.50. The van der Waals surface area contributed by atoms with Crippen molar-refractivity contribution in [1.82, 2.24) is 9.13 Å². The van der Waals surface area contributed by atoms with Crippen LogP contribution in [0.2, 0.25) is 0 Å². The van der Waals surface area contributed by atoms with Gasteiger partial charge < -0.3 is 23.7 Å². The smallest absolute Gasteiger partial charge is 0.437 e. The normalized spacial score (nSPS) is 12.1. The van der Waals surface area contributed by atoms with Crippen molar-refractivity contribution in [3.05, 3.63) is 47.3 Å². The Kier molecular flexibility index (Phi) is 6.09. The molecule has 0 unspecified atom stereocenters. The van der Waals surface area contributed by atoms with Crippen LogP contribution >= 0.6 is 0 Å². The Morgan fingerprint density at radius 3 is 2.48 bits per heavy atom. The third-order valence-corrected chi connectivity index (χ3v) is 3.50. The van der Waals surface area contributed by atoms with Gasteiger partial charge in [0, 0.05) is 19.4 Å². The first kappa shape index (κ1) is 20.3. The lowest BCUT2D eigenvalue weighted by Crippen LogP contribution is -2.29. The fourth-order valence-corrected chi connectivity index (χ4v) is 2.47. The minimum absolute atomic E-state index is 0.137. The number of amides is 1. The second-order valence-corrected chi connectivity index (χ2v) is 7.03. The number of ether oxygens (including phenoxy) is 2. The Labute approximate surface area is 157 Å². The SMILES string of the molecule is CCOc1cc(Cn2ccn(C)/c2=N\C(=O)OC(C)(C)C)cc(C(=O)O)c1. The first-order valence-corrected chi connectivity index (χ1v) is 8.58. The fourth-order valence-electron chi connectivity index (χ4n) is 2.47. The van der Waals surface area contributed by atoms with Gasteiger partial charge in [0.2, 0.25) is 5.62 Å². The Morgan fingerprint density at radius 1 is 1.19 bits per heavy atom. The second-order valence-electron chi connectivity index (χ2n) is 7.03. The van der Waals surface area contributed by atoms with E-state index < -0.39 is 17.7 Å². The van der Waals surface area contributed by atoms with Gasteiger partial charge in [0.05, 0.1) is 18.7 Å². The number of aryl methyl sites for hydroxylation is 1. The molecule has 0 aliphatic rings. The number of rotatable bonds is 5. The molecule has 2 aromatic rings. The van der Waals surface area contributed by atoms with Crippen LogP contribution in [0.1, 0.15) is 43.6 Å². The van der Waals surface area contributed by atoms with Crippen molar-refractivity contribution >= 4 is 12.1 Å². The number of carboxylic acids is 1. The van der Waals surface area contributed by atoms with Gasteiger partial charge in [-0.3, -0.25) is 0 Å². The summed E-state index contributed by atoms with van der Waals surface area (Å²) in [5.74, 6) is -0.552. The number of carboxylic acid groups (broad SMARTS) is 1. The van der Waals surface area contributed by atoms with Crippen LogP contribution in [0.5, 0.6) is 5.75 Å². The number of benzene rings is 1. The van der Waals surface area contributed by atoms with Crippen molar-refractivity contribution in [2.75, 3.05) is 6.61 Å². The van der Waals surface area contributed by atoms with Gasteiger partial charge in [-0.2, -0.15) is 0 Å². The highest BCUT2D eigenvalue weighted by atomic mass is 16.6. The molecule has 0 aliphatic heterocycles. The lowest BCUT2D eigenvalue weighted by molar-refractivity contribution is 0.0592. The van der Waals surface area contributed by atoms with Crippen LogP contribution in [0.25, 0.3) is 0 Å². The van der Waals surface area contributed by atoms with Gasteiger partial charge in [0.1, 0.15) is 11.4 Å². The quantitative estimate of drug-likeness (QED) is 0.867. The largest absolute Gasteiger partial charge is 0.494 e. The van der Waals surface area contributed by atoms with E-state index in [0.717, 1.165) is 5.56 Å². The molecule has 0 aliphatic carbocycles. The van der Waals surface area contributed by atoms with E-state index in [9.17, 15) is 14.7 Å². The molecule has 1 aromatic heterocycles. The molecule has 1 aromatic carbocycles. The summed E-state index contributed by atoms with van der Waals surface area (Å²) in [6.07, 6.45) is 2.83. The minimum atomic E-state index is -1.03. The first-order valence-electron chi connectivity index (χ1n) is 8.58. The van der Waals surface area contributed by atoms with Gasteiger partial charge >= 0.3 is 12.1 Å². The molecule has 0 atom stereocenters. The second kappa shape index (κ2) is 8.11. The van der Waals surface area contributed by atoms with Gasteiger partial charge in [-0.25, -0.2) is 9.59 Å². The number of hydrogen-bond donors (Lipinski definition) is 1. The molecular formula is C19H25N3O5. The molecule has 1 amide bonds. The summed E-state index contributed by atoms with van der Waals surface area (Å²) in [6, 6.07) is 4.83. The molecule has 1 heterocycles. The Bertz CT molecular complexity index is 903.